The maximum atomic E-state index is 13.4. The largest absolute Gasteiger partial charge is 0.381 e. The summed E-state index contributed by atoms with van der Waals surface area (Å²) >= 11 is 0. The number of likely N-dealkylation sites (tertiary alicyclic amines) is 2. The van der Waals surface area contributed by atoms with Gasteiger partial charge in [-0.1, -0.05) is 6.07 Å². The lowest BCUT2D eigenvalue weighted by Crippen LogP contribution is -2.42. The van der Waals surface area contributed by atoms with E-state index in [0.717, 1.165) is 58.3 Å². The molecule has 0 radical (unpaired) electrons. The number of halogens is 2. The van der Waals surface area contributed by atoms with Gasteiger partial charge in [-0.25, -0.2) is 8.78 Å². The molecule has 0 saturated carbocycles. The number of benzene rings is 1. The zero-order valence-corrected chi connectivity index (χ0v) is 15.8. The van der Waals surface area contributed by atoms with Gasteiger partial charge in [0.05, 0.1) is 0 Å². The highest BCUT2D eigenvalue weighted by atomic mass is 19.2. The van der Waals surface area contributed by atoms with Crippen LogP contribution in [0.1, 0.15) is 37.7 Å². The Kier molecular flexibility index (Phi) is 5.46. The molecule has 1 amide bonds. The van der Waals surface area contributed by atoms with Crippen LogP contribution in [-0.2, 0) is 16.1 Å². The smallest absolute Gasteiger partial charge is 0.223 e. The van der Waals surface area contributed by atoms with Gasteiger partial charge in [-0.05, 0) is 74.3 Å². The lowest BCUT2D eigenvalue weighted by atomic mass is 9.77. The zero-order valence-electron chi connectivity index (χ0n) is 15.8. The summed E-state index contributed by atoms with van der Waals surface area (Å²) in [7, 11) is 0. The van der Waals surface area contributed by atoms with E-state index in [1.807, 2.05) is 4.90 Å². The van der Waals surface area contributed by atoms with Crippen molar-refractivity contribution in [3.05, 3.63) is 35.4 Å². The van der Waals surface area contributed by atoms with E-state index in [2.05, 4.69) is 4.90 Å². The maximum Gasteiger partial charge on any atom is 0.223 e. The van der Waals surface area contributed by atoms with Crippen LogP contribution in [0.5, 0.6) is 0 Å². The molecule has 1 spiro atoms. The van der Waals surface area contributed by atoms with Crippen molar-refractivity contribution < 1.29 is 18.3 Å². The van der Waals surface area contributed by atoms with Crippen molar-refractivity contribution in [2.45, 2.75) is 38.6 Å². The third kappa shape index (κ3) is 4.32. The molecule has 0 aliphatic carbocycles. The number of ether oxygens (including phenoxy) is 1. The second-order valence-corrected chi connectivity index (χ2v) is 8.53. The molecule has 1 aromatic rings. The fourth-order valence-corrected chi connectivity index (χ4v) is 4.75. The third-order valence-electron chi connectivity index (χ3n) is 6.56. The molecule has 1 atom stereocenters. The minimum absolute atomic E-state index is 0.0582. The van der Waals surface area contributed by atoms with Gasteiger partial charge in [0.15, 0.2) is 11.6 Å². The van der Waals surface area contributed by atoms with E-state index in [9.17, 15) is 13.6 Å². The number of hydrogen-bond donors (Lipinski definition) is 0. The molecule has 3 aliphatic rings. The standard InChI is InChI=1S/C21H28F2N2O2/c22-18-2-1-17(11-19(18)23)13-25-15-21(12-20(25)26)5-8-24(9-6-21)7-3-16-4-10-27-14-16/h1-2,11,16H,3-10,12-15H2/t16-/m1/s1. The van der Waals surface area contributed by atoms with Crippen LogP contribution in [0, 0.1) is 23.0 Å². The summed E-state index contributed by atoms with van der Waals surface area (Å²) in [5, 5.41) is 0. The molecule has 0 bridgehead atoms. The molecular formula is C21H28F2N2O2. The van der Waals surface area contributed by atoms with Crippen LogP contribution in [0.3, 0.4) is 0 Å². The van der Waals surface area contributed by atoms with Crippen molar-refractivity contribution in [1.29, 1.82) is 0 Å². The highest BCUT2D eigenvalue weighted by Gasteiger charge is 2.44. The van der Waals surface area contributed by atoms with E-state index in [1.54, 1.807) is 6.07 Å². The molecule has 3 aliphatic heterocycles. The average Bonchev–Trinajstić information content (AvgIpc) is 3.27. The minimum atomic E-state index is -0.852. The van der Waals surface area contributed by atoms with Gasteiger partial charge in [0, 0.05) is 32.7 Å². The Balaban J connectivity index is 1.29. The Morgan fingerprint density at radius 3 is 2.70 bits per heavy atom. The normalized spacial score (nSPS) is 25.6. The second kappa shape index (κ2) is 7.84. The number of carbonyl (C=O) groups is 1. The Bertz CT molecular complexity index is 683. The first-order valence-corrected chi connectivity index (χ1v) is 10.0. The first-order valence-electron chi connectivity index (χ1n) is 10.0. The predicted octanol–water partition coefficient (Wildman–Crippen LogP) is 3.21. The summed E-state index contributed by atoms with van der Waals surface area (Å²) in [5.74, 6) is -0.855. The Hall–Kier alpha value is -1.53. The first kappa shape index (κ1) is 18.8. The van der Waals surface area contributed by atoms with Crippen LogP contribution in [-0.4, -0.2) is 55.1 Å². The average molecular weight is 378 g/mol. The van der Waals surface area contributed by atoms with Gasteiger partial charge in [-0.15, -0.1) is 0 Å². The van der Waals surface area contributed by atoms with Crippen LogP contribution in [0.25, 0.3) is 0 Å². The molecule has 3 saturated heterocycles. The summed E-state index contributed by atoms with van der Waals surface area (Å²) in [6.45, 7) is 6.11. The van der Waals surface area contributed by atoms with Crippen molar-refractivity contribution in [2.75, 3.05) is 39.4 Å². The fraction of sp³-hybridized carbons (Fsp3) is 0.667. The summed E-state index contributed by atoms with van der Waals surface area (Å²) in [5.41, 5.74) is 0.707. The van der Waals surface area contributed by atoms with Gasteiger partial charge in [-0.3, -0.25) is 4.79 Å². The Labute approximate surface area is 159 Å². The van der Waals surface area contributed by atoms with Gasteiger partial charge in [0.25, 0.3) is 0 Å². The van der Waals surface area contributed by atoms with Crippen molar-refractivity contribution in [3.8, 4) is 0 Å². The van der Waals surface area contributed by atoms with Crippen molar-refractivity contribution in [3.63, 3.8) is 0 Å². The molecule has 3 heterocycles. The topological polar surface area (TPSA) is 32.8 Å². The van der Waals surface area contributed by atoms with Crippen LogP contribution in [0.2, 0.25) is 0 Å². The highest BCUT2D eigenvalue weighted by molar-refractivity contribution is 5.79. The number of rotatable bonds is 5. The first-order chi connectivity index (χ1) is 13.0. The summed E-state index contributed by atoms with van der Waals surface area (Å²) in [6.07, 6.45) is 5.04. The van der Waals surface area contributed by atoms with E-state index in [4.69, 9.17) is 4.74 Å². The zero-order chi connectivity index (χ0) is 18.9. The predicted molar refractivity (Wildman–Crippen MR) is 98.0 cm³/mol. The number of hydrogen-bond acceptors (Lipinski definition) is 3. The lowest BCUT2D eigenvalue weighted by Gasteiger charge is -2.39. The highest BCUT2D eigenvalue weighted by Crippen LogP contribution is 2.41. The van der Waals surface area contributed by atoms with Gasteiger partial charge < -0.3 is 14.5 Å². The van der Waals surface area contributed by atoms with E-state index in [-0.39, 0.29) is 11.3 Å². The van der Waals surface area contributed by atoms with E-state index < -0.39 is 11.6 Å². The number of nitrogens with zero attached hydrogens (tertiary/aromatic N) is 2. The quantitative estimate of drug-likeness (QED) is 0.789. The van der Waals surface area contributed by atoms with Gasteiger partial charge in [0.1, 0.15) is 0 Å². The van der Waals surface area contributed by atoms with Gasteiger partial charge in [-0.2, -0.15) is 0 Å². The molecule has 4 nitrogen and oxygen atoms in total. The molecule has 27 heavy (non-hydrogen) atoms. The monoisotopic (exact) mass is 378 g/mol. The van der Waals surface area contributed by atoms with Crippen LogP contribution in [0.4, 0.5) is 8.78 Å². The van der Waals surface area contributed by atoms with Gasteiger partial charge in [0.2, 0.25) is 5.91 Å². The molecular weight excluding hydrogens is 350 g/mol. The molecule has 148 valence electrons. The van der Waals surface area contributed by atoms with Crippen LogP contribution >= 0.6 is 0 Å². The number of piperidine rings is 1. The molecule has 0 unspecified atom stereocenters. The van der Waals surface area contributed by atoms with Crippen molar-refractivity contribution >= 4 is 5.91 Å². The van der Waals surface area contributed by atoms with E-state index >= 15 is 0 Å². The second-order valence-electron chi connectivity index (χ2n) is 8.53. The van der Waals surface area contributed by atoms with Crippen molar-refractivity contribution in [1.82, 2.24) is 9.80 Å². The Morgan fingerprint density at radius 2 is 2.00 bits per heavy atom. The third-order valence-corrected chi connectivity index (χ3v) is 6.56. The summed E-state index contributed by atoms with van der Waals surface area (Å²) < 4.78 is 32.0. The van der Waals surface area contributed by atoms with Gasteiger partial charge >= 0.3 is 0 Å². The maximum absolute atomic E-state index is 13.4. The van der Waals surface area contributed by atoms with Crippen LogP contribution < -0.4 is 0 Å². The van der Waals surface area contributed by atoms with Crippen LogP contribution in [0.15, 0.2) is 18.2 Å². The Morgan fingerprint density at radius 1 is 1.19 bits per heavy atom. The summed E-state index contributed by atoms with van der Waals surface area (Å²) in [6, 6.07) is 3.89. The van der Waals surface area contributed by atoms with E-state index in [1.165, 1.54) is 18.9 Å². The fourth-order valence-electron chi connectivity index (χ4n) is 4.75. The molecule has 0 N–H and O–H groups in total. The van der Waals surface area contributed by atoms with E-state index in [0.29, 0.717) is 24.4 Å². The lowest BCUT2D eigenvalue weighted by molar-refractivity contribution is -0.128. The SMILES string of the molecule is O=C1CC2(CCN(CC[C@@H]3CCOC3)CC2)CN1Cc1ccc(F)c(F)c1. The number of amides is 1. The molecule has 3 fully saturated rings. The number of carbonyl (C=O) groups excluding carboxylic acids is 1. The van der Waals surface area contributed by atoms with Crippen molar-refractivity contribution in [2.24, 2.45) is 11.3 Å². The minimum Gasteiger partial charge on any atom is -0.381 e. The molecule has 4 rings (SSSR count). The summed E-state index contributed by atoms with van der Waals surface area (Å²) in [4.78, 5) is 16.9. The molecule has 1 aromatic carbocycles. The molecule has 6 heteroatoms. The molecule has 0 aromatic heterocycles.